The highest BCUT2D eigenvalue weighted by Crippen LogP contribution is 1.61. The van der Waals surface area contributed by atoms with Crippen LogP contribution in [0, 0.1) is 0 Å². The summed E-state index contributed by atoms with van der Waals surface area (Å²) < 4.78 is 0. The van der Waals surface area contributed by atoms with E-state index in [0.29, 0.717) is 0 Å². The first-order chi connectivity index (χ1) is 4.66. The zero-order chi connectivity index (χ0) is 8.57. The molecule has 0 aliphatic heterocycles. The van der Waals surface area contributed by atoms with Crippen LogP contribution in [0.3, 0.4) is 0 Å². The van der Waals surface area contributed by atoms with Crippen molar-refractivity contribution in [1.82, 2.24) is 5.32 Å². The van der Waals surface area contributed by atoms with Crippen LogP contribution in [-0.2, 0) is 9.59 Å². The Hall–Kier alpha value is -0.900. The summed E-state index contributed by atoms with van der Waals surface area (Å²) in [4.78, 5) is 20.0. The molecule has 0 aromatic carbocycles. The van der Waals surface area contributed by atoms with Crippen LogP contribution in [0.15, 0.2) is 0 Å². The summed E-state index contributed by atoms with van der Waals surface area (Å²) in [5, 5.41) is 9.88. The summed E-state index contributed by atoms with van der Waals surface area (Å²) in [6.45, 7) is 4.56. The molecule has 2 N–H and O–H groups in total. The number of aliphatic hydroxyl groups is 1. The highest BCUT2D eigenvalue weighted by Gasteiger charge is 1.97. The topological polar surface area (TPSA) is 66.4 Å². The number of carbonyl (C=O) groups is 2. The Bertz CT molecular complexity index is 112. The fourth-order valence-corrected chi connectivity index (χ4v) is 0.236. The smallest absolute Gasteiger partial charge is 0.252 e. The lowest BCUT2D eigenvalue weighted by Gasteiger charge is -1.92. The number of aliphatic hydroxyl groups excluding tert-OH is 1. The number of rotatable bonds is 1. The van der Waals surface area contributed by atoms with Gasteiger partial charge in [-0.3, -0.25) is 14.9 Å². The fraction of sp³-hybridized carbons (Fsp3) is 0.667. The maximum atomic E-state index is 10.0. The molecular weight excluding hydrogens is 134 g/mol. The van der Waals surface area contributed by atoms with Gasteiger partial charge in [0.2, 0.25) is 5.91 Å². The van der Waals surface area contributed by atoms with Gasteiger partial charge >= 0.3 is 0 Å². The molecule has 0 aliphatic carbocycles. The van der Waals surface area contributed by atoms with Gasteiger partial charge in [-0.15, -0.1) is 0 Å². The van der Waals surface area contributed by atoms with Crippen LogP contribution in [0.5, 0.6) is 0 Å². The molecule has 0 spiro atoms. The molecule has 0 atom stereocenters. The van der Waals surface area contributed by atoms with Crippen LogP contribution >= 0.6 is 0 Å². The van der Waals surface area contributed by atoms with E-state index in [4.69, 9.17) is 5.11 Å². The molecule has 4 heteroatoms. The van der Waals surface area contributed by atoms with E-state index in [1.165, 1.54) is 6.92 Å². The molecule has 60 valence electrons. The summed E-state index contributed by atoms with van der Waals surface area (Å²) >= 11 is 0. The quantitative estimate of drug-likeness (QED) is 0.533. The van der Waals surface area contributed by atoms with Crippen molar-refractivity contribution in [2.75, 3.05) is 6.61 Å². The first-order valence-electron chi connectivity index (χ1n) is 3.08. The summed E-state index contributed by atoms with van der Waals surface area (Å²) in [5.41, 5.74) is 0. The van der Waals surface area contributed by atoms with E-state index < -0.39 is 18.4 Å². The van der Waals surface area contributed by atoms with Crippen LogP contribution in [0.4, 0.5) is 0 Å². The van der Waals surface area contributed by atoms with Crippen molar-refractivity contribution in [3.8, 4) is 0 Å². The van der Waals surface area contributed by atoms with Gasteiger partial charge in [0, 0.05) is 6.92 Å². The van der Waals surface area contributed by atoms with Gasteiger partial charge in [0.05, 0.1) is 0 Å². The lowest BCUT2D eigenvalue weighted by molar-refractivity contribution is -0.131. The molecule has 2 amide bonds. The molecule has 0 saturated carbocycles. The number of imide groups is 1. The average molecular weight is 147 g/mol. The van der Waals surface area contributed by atoms with Gasteiger partial charge in [-0.1, -0.05) is 13.8 Å². The van der Waals surface area contributed by atoms with Crippen LogP contribution in [0.25, 0.3) is 0 Å². The van der Waals surface area contributed by atoms with Crippen LogP contribution in [-0.4, -0.2) is 23.5 Å². The van der Waals surface area contributed by atoms with Crippen molar-refractivity contribution in [3.05, 3.63) is 0 Å². The van der Waals surface area contributed by atoms with Gasteiger partial charge in [0.25, 0.3) is 5.91 Å². The highest BCUT2D eigenvalue weighted by molar-refractivity contribution is 5.94. The monoisotopic (exact) mass is 147 g/mol. The minimum Gasteiger partial charge on any atom is -0.387 e. The molecule has 0 saturated heterocycles. The van der Waals surface area contributed by atoms with Gasteiger partial charge < -0.3 is 5.11 Å². The van der Waals surface area contributed by atoms with E-state index in [-0.39, 0.29) is 0 Å². The first-order valence-corrected chi connectivity index (χ1v) is 3.08. The van der Waals surface area contributed by atoms with Crippen molar-refractivity contribution < 1.29 is 14.7 Å². The molecule has 0 unspecified atom stereocenters. The molecule has 4 nitrogen and oxygen atoms in total. The maximum Gasteiger partial charge on any atom is 0.252 e. The number of hydrogen-bond acceptors (Lipinski definition) is 3. The second-order valence-electron chi connectivity index (χ2n) is 1.26. The largest absolute Gasteiger partial charge is 0.387 e. The van der Waals surface area contributed by atoms with Crippen molar-refractivity contribution >= 4 is 11.8 Å². The molecule has 10 heavy (non-hydrogen) atoms. The van der Waals surface area contributed by atoms with Crippen molar-refractivity contribution in [2.24, 2.45) is 0 Å². The summed E-state index contributed by atoms with van der Waals surface area (Å²) in [6.07, 6.45) is 0. The first kappa shape index (κ1) is 11.8. The zero-order valence-electron chi connectivity index (χ0n) is 6.47. The van der Waals surface area contributed by atoms with Crippen LogP contribution < -0.4 is 5.32 Å². The Balaban J connectivity index is 0. The standard InChI is InChI=1S/C4H7NO3.C2H6/c1-3(7)5-4(8)2-6;1-2/h6H,2H2,1H3,(H,5,7,8);1-2H3. The van der Waals surface area contributed by atoms with Crippen molar-refractivity contribution in [2.45, 2.75) is 20.8 Å². The Morgan fingerprint density at radius 1 is 1.40 bits per heavy atom. The van der Waals surface area contributed by atoms with Gasteiger partial charge in [-0.05, 0) is 0 Å². The Morgan fingerprint density at radius 2 is 1.80 bits per heavy atom. The maximum absolute atomic E-state index is 10.0. The molecule has 0 aliphatic rings. The van der Waals surface area contributed by atoms with E-state index in [0.717, 1.165) is 0 Å². The number of hydrogen-bond donors (Lipinski definition) is 2. The SMILES string of the molecule is CC.CC(=O)NC(=O)CO. The van der Waals surface area contributed by atoms with Crippen molar-refractivity contribution in [1.29, 1.82) is 0 Å². The molecule has 0 bridgehead atoms. The highest BCUT2D eigenvalue weighted by atomic mass is 16.3. The zero-order valence-corrected chi connectivity index (χ0v) is 6.47. The van der Waals surface area contributed by atoms with E-state index in [9.17, 15) is 9.59 Å². The van der Waals surface area contributed by atoms with Gasteiger partial charge in [-0.2, -0.15) is 0 Å². The lowest BCUT2D eigenvalue weighted by atomic mass is 10.6. The van der Waals surface area contributed by atoms with E-state index >= 15 is 0 Å². The summed E-state index contributed by atoms with van der Waals surface area (Å²) in [7, 11) is 0. The molecular formula is C6H13NO3. The number of nitrogens with one attached hydrogen (secondary N) is 1. The third-order valence-corrected chi connectivity index (χ3v) is 0.459. The Kier molecular flexibility index (Phi) is 9.59. The lowest BCUT2D eigenvalue weighted by Crippen LogP contribution is -2.30. The molecule has 0 rings (SSSR count). The fourth-order valence-electron chi connectivity index (χ4n) is 0.236. The predicted octanol–water partition coefficient (Wildman–Crippen LogP) is -0.332. The summed E-state index contributed by atoms with van der Waals surface area (Å²) in [5.74, 6) is -1.12. The second kappa shape index (κ2) is 8.10. The average Bonchev–Trinajstić information content (AvgIpc) is 1.91. The van der Waals surface area contributed by atoms with E-state index in [1.54, 1.807) is 0 Å². The number of amides is 2. The van der Waals surface area contributed by atoms with Crippen molar-refractivity contribution in [3.63, 3.8) is 0 Å². The van der Waals surface area contributed by atoms with Gasteiger partial charge in [0.15, 0.2) is 0 Å². The third-order valence-electron chi connectivity index (χ3n) is 0.459. The third kappa shape index (κ3) is 10.2. The molecule has 0 heterocycles. The number of carbonyl (C=O) groups excluding carboxylic acids is 2. The predicted molar refractivity (Wildman–Crippen MR) is 37.3 cm³/mol. The molecule has 0 aromatic heterocycles. The van der Waals surface area contributed by atoms with Gasteiger partial charge in [0.1, 0.15) is 6.61 Å². The van der Waals surface area contributed by atoms with E-state index in [1.807, 2.05) is 19.2 Å². The minimum absolute atomic E-state index is 0.455. The van der Waals surface area contributed by atoms with Crippen LogP contribution in [0.2, 0.25) is 0 Å². The Morgan fingerprint density at radius 3 is 1.90 bits per heavy atom. The molecule has 0 aromatic rings. The second-order valence-corrected chi connectivity index (χ2v) is 1.26. The van der Waals surface area contributed by atoms with Crippen LogP contribution in [0.1, 0.15) is 20.8 Å². The van der Waals surface area contributed by atoms with Gasteiger partial charge in [-0.25, -0.2) is 0 Å². The normalized spacial score (nSPS) is 7.20. The minimum atomic E-state index is -0.669. The summed E-state index contributed by atoms with van der Waals surface area (Å²) in [6, 6.07) is 0. The Labute approximate surface area is 60.2 Å². The molecule has 0 radical (unpaired) electrons. The molecule has 0 fully saturated rings. The van der Waals surface area contributed by atoms with E-state index in [2.05, 4.69) is 0 Å².